The Balaban J connectivity index is 2.54. The van der Waals surface area contributed by atoms with Crippen LogP contribution in [0.5, 0.6) is 5.75 Å². The van der Waals surface area contributed by atoms with Crippen LogP contribution in [-0.2, 0) is 0 Å². The average molecular weight is 400 g/mol. The minimum atomic E-state index is -0.740. The van der Waals surface area contributed by atoms with Gasteiger partial charge in [-0.2, -0.15) is 0 Å². The lowest BCUT2D eigenvalue weighted by Gasteiger charge is -2.18. The fourth-order valence-electron chi connectivity index (χ4n) is 2.11. The molecular formula is C16H16Br2O2. The van der Waals surface area contributed by atoms with Gasteiger partial charge < -0.3 is 9.84 Å². The number of benzene rings is 2. The van der Waals surface area contributed by atoms with E-state index in [0.29, 0.717) is 5.75 Å². The van der Waals surface area contributed by atoms with Gasteiger partial charge in [-0.15, -0.1) is 0 Å². The fraction of sp³-hybridized carbons (Fsp3) is 0.250. The van der Waals surface area contributed by atoms with E-state index in [1.54, 1.807) is 7.11 Å². The SMILES string of the molecule is COc1ccc(C)cc1C(O)c1cc(Br)c(C)cc1Br. The zero-order chi connectivity index (χ0) is 14.9. The molecule has 0 spiro atoms. The third-order valence-corrected chi connectivity index (χ3v) is 4.79. The Hall–Kier alpha value is -0.840. The van der Waals surface area contributed by atoms with Crippen LogP contribution in [0.15, 0.2) is 39.3 Å². The number of aryl methyl sites for hydroxylation is 2. The van der Waals surface area contributed by atoms with Crippen molar-refractivity contribution in [3.05, 3.63) is 61.5 Å². The van der Waals surface area contributed by atoms with E-state index in [1.165, 1.54) is 0 Å². The fourth-order valence-corrected chi connectivity index (χ4v) is 3.14. The highest BCUT2D eigenvalue weighted by Crippen LogP contribution is 2.36. The predicted octanol–water partition coefficient (Wildman–Crippen LogP) is 4.92. The highest BCUT2D eigenvalue weighted by atomic mass is 79.9. The van der Waals surface area contributed by atoms with Gasteiger partial charge in [0.25, 0.3) is 0 Å². The summed E-state index contributed by atoms with van der Waals surface area (Å²) in [6.45, 7) is 4.01. The molecule has 2 rings (SSSR count). The molecule has 2 aromatic rings. The number of aliphatic hydroxyl groups is 1. The summed E-state index contributed by atoms with van der Waals surface area (Å²) in [5.74, 6) is 0.687. The van der Waals surface area contributed by atoms with Crippen molar-refractivity contribution in [2.45, 2.75) is 20.0 Å². The van der Waals surface area contributed by atoms with Gasteiger partial charge in [-0.1, -0.05) is 43.5 Å². The van der Waals surface area contributed by atoms with Crippen molar-refractivity contribution < 1.29 is 9.84 Å². The maximum atomic E-state index is 10.7. The molecule has 2 nitrogen and oxygen atoms in total. The van der Waals surface area contributed by atoms with E-state index in [2.05, 4.69) is 31.9 Å². The summed E-state index contributed by atoms with van der Waals surface area (Å²) in [6.07, 6.45) is -0.740. The highest BCUT2D eigenvalue weighted by molar-refractivity contribution is 9.11. The average Bonchev–Trinajstić information content (AvgIpc) is 2.42. The van der Waals surface area contributed by atoms with Crippen LogP contribution in [-0.4, -0.2) is 12.2 Å². The number of ether oxygens (including phenoxy) is 1. The normalized spacial score (nSPS) is 12.3. The first-order chi connectivity index (χ1) is 9.43. The lowest BCUT2D eigenvalue weighted by Crippen LogP contribution is -2.04. The quantitative estimate of drug-likeness (QED) is 0.793. The van der Waals surface area contributed by atoms with Crippen LogP contribution >= 0.6 is 31.9 Å². The third kappa shape index (κ3) is 3.08. The van der Waals surface area contributed by atoms with Crippen molar-refractivity contribution in [1.29, 1.82) is 0 Å². The van der Waals surface area contributed by atoms with Crippen molar-refractivity contribution in [1.82, 2.24) is 0 Å². The van der Waals surface area contributed by atoms with E-state index in [1.807, 2.05) is 44.2 Å². The van der Waals surface area contributed by atoms with Crippen LogP contribution in [0.4, 0.5) is 0 Å². The molecule has 0 aliphatic heterocycles. The molecule has 106 valence electrons. The summed E-state index contributed by atoms with van der Waals surface area (Å²) >= 11 is 7.03. The second kappa shape index (κ2) is 6.29. The molecule has 0 aromatic heterocycles. The highest BCUT2D eigenvalue weighted by Gasteiger charge is 2.19. The smallest absolute Gasteiger partial charge is 0.125 e. The first kappa shape index (κ1) is 15.5. The number of methoxy groups -OCH3 is 1. The van der Waals surface area contributed by atoms with Crippen LogP contribution in [0.1, 0.15) is 28.4 Å². The van der Waals surface area contributed by atoms with Gasteiger partial charge in [-0.05, 0) is 43.7 Å². The molecule has 1 N–H and O–H groups in total. The molecule has 0 fully saturated rings. The van der Waals surface area contributed by atoms with Gasteiger partial charge >= 0.3 is 0 Å². The van der Waals surface area contributed by atoms with Crippen molar-refractivity contribution in [3.63, 3.8) is 0 Å². The number of aliphatic hydroxyl groups excluding tert-OH is 1. The first-order valence-electron chi connectivity index (χ1n) is 6.22. The Bertz CT molecular complexity index is 639. The maximum absolute atomic E-state index is 10.7. The van der Waals surface area contributed by atoms with Gasteiger partial charge in [0.2, 0.25) is 0 Å². The van der Waals surface area contributed by atoms with E-state index >= 15 is 0 Å². The summed E-state index contributed by atoms with van der Waals surface area (Å²) in [6, 6.07) is 9.72. The molecule has 0 heterocycles. The Morgan fingerprint density at radius 2 is 1.70 bits per heavy atom. The summed E-state index contributed by atoms with van der Waals surface area (Å²) in [5.41, 5.74) is 3.78. The molecule has 0 bridgehead atoms. The minimum absolute atomic E-state index is 0.687. The van der Waals surface area contributed by atoms with Gasteiger partial charge in [0.05, 0.1) is 7.11 Å². The molecule has 0 aliphatic rings. The Labute approximate surface area is 136 Å². The zero-order valence-electron chi connectivity index (χ0n) is 11.6. The molecule has 1 unspecified atom stereocenters. The second-order valence-electron chi connectivity index (χ2n) is 4.77. The van der Waals surface area contributed by atoms with Gasteiger partial charge in [0.15, 0.2) is 0 Å². The van der Waals surface area contributed by atoms with Crippen LogP contribution in [0.2, 0.25) is 0 Å². The lowest BCUT2D eigenvalue weighted by atomic mass is 9.98. The van der Waals surface area contributed by atoms with Crippen LogP contribution in [0.3, 0.4) is 0 Å². The maximum Gasteiger partial charge on any atom is 0.125 e. The zero-order valence-corrected chi connectivity index (χ0v) is 14.7. The number of hydrogen-bond acceptors (Lipinski definition) is 2. The van der Waals surface area contributed by atoms with E-state index in [4.69, 9.17) is 4.74 Å². The first-order valence-corrected chi connectivity index (χ1v) is 7.80. The molecule has 0 saturated heterocycles. The van der Waals surface area contributed by atoms with Crippen molar-refractivity contribution in [2.75, 3.05) is 7.11 Å². The van der Waals surface area contributed by atoms with Gasteiger partial charge in [0.1, 0.15) is 11.9 Å². The van der Waals surface area contributed by atoms with Crippen molar-refractivity contribution >= 4 is 31.9 Å². The van der Waals surface area contributed by atoms with Crippen LogP contribution < -0.4 is 4.74 Å². The Morgan fingerprint density at radius 1 is 1.00 bits per heavy atom. The van der Waals surface area contributed by atoms with E-state index < -0.39 is 6.10 Å². The summed E-state index contributed by atoms with van der Waals surface area (Å²) < 4.78 is 7.21. The molecule has 1 atom stereocenters. The van der Waals surface area contributed by atoms with Gasteiger partial charge in [-0.3, -0.25) is 0 Å². The van der Waals surface area contributed by atoms with Gasteiger partial charge in [0, 0.05) is 20.1 Å². The molecule has 0 radical (unpaired) electrons. The predicted molar refractivity (Wildman–Crippen MR) is 88.4 cm³/mol. The number of hydrogen-bond donors (Lipinski definition) is 1. The van der Waals surface area contributed by atoms with Crippen molar-refractivity contribution in [3.8, 4) is 5.75 Å². The minimum Gasteiger partial charge on any atom is -0.496 e. The number of halogens is 2. The summed E-state index contributed by atoms with van der Waals surface area (Å²) in [4.78, 5) is 0. The lowest BCUT2D eigenvalue weighted by molar-refractivity contribution is 0.214. The molecule has 4 heteroatoms. The topological polar surface area (TPSA) is 29.5 Å². The Kier molecular flexibility index (Phi) is 4.89. The monoisotopic (exact) mass is 398 g/mol. The summed E-state index contributed by atoms with van der Waals surface area (Å²) in [5, 5.41) is 10.7. The molecule has 0 amide bonds. The van der Waals surface area contributed by atoms with E-state index in [9.17, 15) is 5.11 Å². The Morgan fingerprint density at radius 3 is 2.35 bits per heavy atom. The van der Waals surface area contributed by atoms with Crippen molar-refractivity contribution in [2.24, 2.45) is 0 Å². The standard InChI is InChI=1S/C16H16Br2O2/c1-9-4-5-15(20-3)12(6-9)16(19)11-8-13(17)10(2)7-14(11)18/h4-8,16,19H,1-3H3. The molecule has 2 aromatic carbocycles. The summed E-state index contributed by atoms with van der Waals surface area (Å²) in [7, 11) is 1.61. The molecule has 0 saturated carbocycles. The molecule has 0 aliphatic carbocycles. The number of rotatable bonds is 3. The van der Waals surface area contributed by atoms with Crippen LogP contribution in [0.25, 0.3) is 0 Å². The second-order valence-corrected chi connectivity index (χ2v) is 6.48. The largest absolute Gasteiger partial charge is 0.496 e. The molecule has 20 heavy (non-hydrogen) atoms. The van der Waals surface area contributed by atoms with Gasteiger partial charge in [-0.25, -0.2) is 0 Å². The molecular weight excluding hydrogens is 384 g/mol. The van der Waals surface area contributed by atoms with E-state index in [0.717, 1.165) is 31.2 Å². The van der Waals surface area contributed by atoms with Crippen LogP contribution in [0, 0.1) is 13.8 Å². The third-order valence-electron chi connectivity index (χ3n) is 3.25. The van der Waals surface area contributed by atoms with E-state index in [-0.39, 0.29) is 0 Å².